The van der Waals surface area contributed by atoms with E-state index in [0.29, 0.717) is 0 Å². The van der Waals surface area contributed by atoms with E-state index in [1.54, 1.807) is 0 Å². The van der Waals surface area contributed by atoms with Gasteiger partial charge in [-0.3, -0.25) is 4.79 Å². The van der Waals surface area contributed by atoms with Crippen LogP contribution >= 0.6 is 0 Å². The molecule has 1 unspecified atom stereocenters. The normalized spacial score (nSPS) is 15.0. The molecule has 0 aliphatic carbocycles. The second-order valence-electron chi connectivity index (χ2n) is 5.76. The summed E-state index contributed by atoms with van der Waals surface area (Å²) < 4.78 is 5.92. The van der Waals surface area contributed by atoms with Crippen molar-refractivity contribution in [1.29, 1.82) is 0 Å². The SMILES string of the molecule is CC(C)C(C(=O)O)C1c2ccccc2Oc2ccccc21. The average Bonchev–Trinajstić information content (AvgIpc) is 2.46. The summed E-state index contributed by atoms with van der Waals surface area (Å²) >= 11 is 0. The highest BCUT2D eigenvalue weighted by atomic mass is 16.5. The molecule has 108 valence electrons. The van der Waals surface area contributed by atoms with Crippen molar-refractivity contribution in [2.45, 2.75) is 19.8 Å². The number of carboxylic acid groups (broad SMARTS) is 1. The van der Waals surface area contributed by atoms with Crippen molar-refractivity contribution < 1.29 is 14.6 Å². The van der Waals surface area contributed by atoms with E-state index in [-0.39, 0.29) is 11.8 Å². The van der Waals surface area contributed by atoms with Gasteiger partial charge in [0.05, 0.1) is 5.92 Å². The standard InChI is InChI=1S/C18H18O3/c1-11(2)16(18(19)20)17-12-7-3-5-9-14(12)21-15-10-6-4-8-13(15)17/h3-11,16-17H,1-2H3,(H,19,20). The molecule has 0 spiro atoms. The first-order valence-corrected chi connectivity index (χ1v) is 7.18. The maximum Gasteiger partial charge on any atom is 0.307 e. The first-order valence-electron chi connectivity index (χ1n) is 7.18. The molecule has 0 fully saturated rings. The van der Waals surface area contributed by atoms with Crippen molar-refractivity contribution in [3.05, 3.63) is 59.7 Å². The second kappa shape index (κ2) is 5.24. The third kappa shape index (κ3) is 2.29. The zero-order chi connectivity index (χ0) is 15.0. The number of hydrogen-bond donors (Lipinski definition) is 1. The van der Waals surface area contributed by atoms with Gasteiger partial charge < -0.3 is 9.84 Å². The Bertz CT molecular complexity index is 630. The van der Waals surface area contributed by atoms with E-state index in [4.69, 9.17) is 4.74 Å². The summed E-state index contributed by atoms with van der Waals surface area (Å²) in [6.45, 7) is 3.92. The zero-order valence-electron chi connectivity index (χ0n) is 12.1. The first kappa shape index (κ1) is 13.7. The largest absolute Gasteiger partial charge is 0.481 e. The number of aliphatic carboxylic acids is 1. The highest BCUT2D eigenvalue weighted by Gasteiger charge is 2.38. The second-order valence-corrected chi connectivity index (χ2v) is 5.76. The minimum absolute atomic E-state index is 0.0340. The number of rotatable bonds is 3. The van der Waals surface area contributed by atoms with Crippen molar-refractivity contribution >= 4 is 5.97 Å². The molecule has 2 aromatic carbocycles. The van der Waals surface area contributed by atoms with Crippen LogP contribution in [-0.4, -0.2) is 11.1 Å². The van der Waals surface area contributed by atoms with Crippen LogP contribution in [0.2, 0.25) is 0 Å². The molecule has 2 aromatic rings. The maximum absolute atomic E-state index is 11.8. The minimum Gasteiger partial charge on any atom is -0.481 e. The fourth-order valence-electron chi connectivity index (χ4n) is 3.15. The molecule has 0 saturated heterocycles. The number of hydrogen-bond acceptors (Lipinski definition) is 2. The number of carboxylic acids is 1. The molecule has 1 aliphatic heterocycles. The molecule has 3 nitrogen and oxygen atoms in total. The van der Waals surface area contributed by atoms with Crippen LogP contribution in [-0.2, 0) is 4.79 Å². The Balaban J connectivity index is 2.21. The zero-order valence-corrected chi connectivity index (χ0v) is 12.1. The molecule has 21 heavy (non-hydrogen) atoms. The lowest BCUT2D eigenvalue weighted by molar-refractivity contribution is -0.143. The highest BCUT2D eigenvalue weighted by Crippen LogP contribution is 2.48. The van der Waals surface area contributed by atoms with Crippen molar-refractivity contribution in [2.75, 3.05) is 0 Å². The fraction of sp³-hybridized carbons (Fsp3) is 0.278. The molecule has 3 heteroatoms. The molecule has 0 aromatic heterocycles. The lowest BCUT2D eigenvalue weighted by Gasteiger charge is -2.33. The third-order valence-corrected chi connectivity index (χ3v) is 4.09. The summed E-state index contributed by atoms with van der Waals surface area (Å²) in [4.78, 5) is 11.8. The number of carbonyl (C=O) groups is 1. The van der Waals surface area contributed by atoms with E-state index in [0.717, 1.165) is 22.6 Å². The Morgan fingerprint density at radius 1 is 1.00 bits per heavy atom. The molecule has 0 saturated carbocycles. The molecule has 0 radical (unpaired) electrons. The van der Waals surface area contributed by atoms with E-state index in [1.165, 1.54) is 0 Å². The molecule has 3 rings (SSSR count). The molecular formula is C18H18O3. The molecule has 0 bridgehead atoms. The number of benzene rings is 2. The highest BCUT2D eigenvalue weighted by molar-refractivity contribution is 5.74. The van der Waals surface area contributed by atoms with Crippen LogP contribution < -0.4 is 4.74 Å². The van der Waals surface area contributed by atoms with Crippen LogP contribution in [0.25, 0.3) is 0 Å². The van der Waals surface area contributed by atoms with E-state index >= 15 is 0 Å². The van der Waals surface area contributed by atoms with Gasteiger partial charge in [0.25, 0.3) is 0 Å². The predicted octanol–water partition coefficient (Wildman–Crippen LogP) is 4.28. The summed E-state index contributed by atoms with van der Waals surface area (Å²) in [6.07, 6.45) is 0. The quantitative estimate of drug-likeness (QED) is 0.914. The summed E-state index contributed by atoms with van der Waals surface area (Å²) in [7, 11) is 0. The van der Waals surface area contributed by atoms with E-state index in [2.05, 4.69) is 0 Å². The van der Waals surface area contributed by atoms with Gasteiger partial charge in [-0.15, -0.1) is 0 Å². The molecule has 1 atom stereocenters. The van der Waals surface area contributed by atoms with Crippen molar-refractivity contribution in [1.82, 2.24) is 0 Å². The molecule has 1 N–H and O–H groups in total. The van der Waals surface area contributed by atoms with Crippen LogP contribution in [0.3, 0.4) is 0 Å². The van der Waals surface area contributed by atoms with Crippen LogP contribution in [0.15, 0.2) is 48.5 Å². The van der Waals surface area contributed by atoms with Crippen molar-refractivity contribution in [3.63, 3.8) is 0 Å². The Morgan fingerprint density at radius 2 is 1.48 bits per heavy atom. The van der Waals surface area contributed by atoms with Crippen LogP contribution in [0.5, 0.6) is 11.5 Å². The summed E-state index contributed by atoms with van der Waals surface area (Å²) in [5.74, 6) is 0.134. The Labute approximate surface area is 124 Å². The van der Waals surface area contributed by atoms with Crippen molar-refractivity contribution in [3.8, 4) is 11.5 Å². The van der Waals surface area contributed by atoms with Gasteiger partial charge in [-0.1, -0.05) is 50.2 Å². The maximum atomic E-state index is 11.8. The number of para-hydroxylation sites is 2. The minimum atomic E-state index is -0.762. The number of fused-ring (bicyclic) bond motifs is 2. The molecule has 1 heterocycles. The first-order chi connectivity index (χ1) is 10.1. The summed E-state index contributed by atoms with van der Waals surface area (Å²) in [6, 6.07) is 15.4. The van der Waals surface area contributed by atoms with Gasteiger partial charge in [0, 0.05) is 17.0 Å². The van der Waals surface area contributed by atoms with Crippen LogP contribution in [0.1, 0.15) is 30.9 Å². The average molecular weight is 282 g/mol. The van der Waals surface area contributed by atoms with Gasteiger partial charge in [-0.2, -0.15) is 0 Å². The van der Waals surface area contributed by atoms with Crippen molar-refractivity contribution in [2.24, 2.45) is 11.8 Å². The predicted molar refractivity (Wildman–Crippen MR) is 80.8 cm³/mol. The lowest BCUT2D eigenvalue weighted by Crippen LogP contribution is -2.29. The fourth-order valence-corrected chi connectivity index (χ4v) is 3.15. The Morgan fingerprint density at radius 3 is 1.90 bits per heavy atom. The smallest absolute Gasteiger partial charge is 0.307 e. The number of ether oxygens (including phenoxy) is 1. The van der Waals surface area contributed by atoms with Gasteiger partial charge in [-0.05, 0) is 18.1 Å². The monoisotopic (exact) mass is 282 g/mol. The van der Waals surface area contributed by atoms with Gasteiger partial charge in [-0.25, -0.2) is 0 Å². The van der Waals surface area contributed by atoms with E-state index in [9.17, 15) is 9.90 Å². The van der Waals surface area contributed by atoms with Crippen LogP contribution in [0, 0.1) is 11.8 Å². The molecule has 1 aliphatic rings. The van der Waals surface area contributed by atoms with Gasteiger partial charge >= 0.3 is 5.97 Å². The summed E-state index contributed by atoms with van der Waals surface area (Å²) in [5, 5.41) is 9.71. The van der Waals surface area contributed by atoms with Crippen LogP contribution in [0.4, 0.5) is 0 Å². The van der Waals surface area contributed by atoms with Gasteiger partial charge in [0.1, 0.15) is 11.5 Å². The Hall–Kier alpha value is -2.29. The molecule has 0 amide bonds. The Kier molecular flexibility index (Phi) is 3.42. The third-order valence-electron chi connectivity index (χ3n) is 4.09. The van der Waals surface area contributed by atoms with Gasteiger partial charge in [0.2, 0.25) is 0 Å². The summed E-state index contributed by atoms with van der Waals surface area (Å²) in [5.41, 5.74) is 1.91. The molecular weight excluding hydrogens is 264 g/mol. The van der Waals surface area contributed by atoms with E-state index < -0.39 is 11.9 Å². The van der Waals surface area contributed by atoms with Gasteiger partial charge in [0.15, 0.2) is 0 Å². The topological polar surface area (TPSA) is 46.5 Å². The lowest BCUT2D eigenvalue weighted by atomic mass is 9.74. The van der Waals surface area contributed by atoms with E-state index in [1.807, 2.05) is 62.4 Å².